The van der Waals surface area contributed by atoms with E-state index in [-0.39, 0.29) is 5.69 Å². The molecule has 3 rings (SSSR count). The zero-order chi connectivity index (χ0) is 14.1. The maximum absolute atomic E-state index is 10.7. The number of hydrogen-bond acceptors (Lipinski definition) is 5. The third-order valence-corrected chi connectivity index (χ3v) is 3.51. The van der Waals surface area contributed by atoms with Crippen molar-refractivity contribution in [3.63, 3.8) is 0 Å². The van der Waals surface area contributed by atoms with Crippen LogP contribution in [-0.4, -0.2) is 33.6 Å². The number of ether oxygens (including phenoxy) is 1. The quantitative estimate of drug-likeness (QED) is 0.646. The van der Waals surface area contributed by atoms with Crippen molar-refractivity contribution in [3.8, 4) is 0 Å². The van der Waals surface area contributed by atoms with Gasteiger partial charge in [-0.3, -0.25) is 10.1 Å². The van der Waals surface area contributed by atoms with Crippen LogP contribution in [-0.2, 0) is 4.74 Å². The second-order valence-corrected chi connectivity index (χ2v) is 4.93. The zero-order valence-electron chi connectivity index (χ0n) is 11.1. The Bertz CT molecular complexity index is 634. The number of nitrogens with one attached hydrogen (secondary N) is 2. The molecule has 0 unspecified atom stereocenters. The van der Waals surface area contributed by atoms with E-state index < -0.39 is 4.92 Å². The van der Waals surface area contributed by atoms with Gasteiger partial charge in [-0.2, -0.15) is 0 Å². The number of rotatable bonds is 5. The molecule has 1 heterocycles. The van der Waals surface area contributed by atoms with E-state index >= 15 is 0 Å². The lowest BCUT2D eigenvalue weighted by molar-refractivity contribution is -0.384. The maximum atomic E-state index is 10.7. The van der Waals surface area contributed by atoms with Gasteiger partial charge in [-0.1, -0.05) is 0 Å². The molecular weight excluding hydrogens is 260 g/mol. The van der Waals surface area contributed by atoms with Gasteiger partial charge >= 0.3 is 0 Å². The highest BCUT2D eigenvalue weighted by molar-refractivity contribution is 5.79. The average molecular weight is 276 g/mol. The molecule has 0 radical (unpaired) electrons. The number of nitro benzene ring substituents is 1. The van der Waals surface area contributed by atoms with Gasteiger partial charge in [-0.05, 0) is 25.8 Å². The van der Waals surface area contributed by atoms with Crippen LogP contribution >= 0.6 is 0 Å². The van der Waals surface area contributed by atoms with E-state index in [9.17, 15) is 10.1 Å². The van der Waals surface area contributed by atoms with E-state index in [1.165, 1.54) is 12.1 Å². The van der Waals surface area contributed by atoms with E-state index in [4.69, 9.17) is 4.74 Å². The number of aromatic amines is 1. The van der Waals surface area contributed by atoms with Crippen molar-refractivity contribution in [1.29, 1.82) is 0 Å². The molecule has 1 aliphatic carbocycles. The van der Waals surface area contributed by atoms with Crippen molar-refractivity contribution in [1.82, 2.24) is 9.97 Å². The molecule has 7 nitrogen and oxygen atoms in total. The first kappa shape index (κ1) is 12.9. The zero-order valence-corrected chi connectivity index (χ0v) is 11.1. The fourth-order valence-electron chi connectivity index (χ4n) is 2.43. The van der Waals surface area contributed by atoms with Gasteiger partial charge in [0.15, 0.2) is 0 Å². The van der Waals surface area contributed by atoms with Crippen molar-refractivity contribution in [3.05, 3.63) is 28.3 Å². The van der Waals surface area contributed by atoms with Crippen molar-refractivity contribution in [2.75, 3.05) is 11.9 Å². The lowest BCUT2D eigenvalue weighted by atomic mass is 9.89. The Morgan fingerprint density at radius 3 is 3.05 bits per heavy atom. The molecule has 0 atom stereocenters. The molecule has 0 saturated heterocycles. The summed E-state index contributed by atoms with van der Waals surface area (Å²) in [6, 6.07) is 4.96. The number of nitrogens with zero attached hydrogens (tertiary/aromatic N) is 2. The van der Waals surface area contributed by atoms with Gasteiger partial charge in [0.2, 0.25) is 5.95 Å². The highest BCUT2D eigenvalue weighted by atomic mass is 16.6. The van der Waals surface area contributed by atoms with Gasteiger partial charge in [-0.25, -0.2) is 4.98 Å². The smallest absolute Gasteiger partial charge is 0.271 e. The number of non-ortho nitro benzene ring substituents is 1. The monoisotopic (exact) mass is 276 g/mol. The first-order valence-electron chi connectivity index (χ1n) is 6.68. The first-order valence-corrected chi connectivity index (χ1v) is 6.68. The molecule has 7 heteroatoms. The molecule has 0 aliphatic heterocycles. The molecular formula is C13H16N4O3. The van der Waals surface area contributed by atoms with Crippen LogP contribution in [0.4, 0.5) is 11.6 Å². The summed E-state index contributed by atoms with van der Waals surface area (Å²) in [6.45, 7) is 2.73. The van der Waals surface area contributed by atoms with E-state index in [2.05, 4.69) is 15.3 Å². The highest BCUT2D eigenvalue weighted by Gasteiger charge is 2.30. The lowest BCUT2D eigenvalue weighted by Gasteiger charge is -2.35. The van der Waals surface area contributed by atoms with Gasteiger partial charge in [-0.15, -0.1) is 0 Å². The van der Waals surface area contributed by atoms with Crippen LogP contribution in [0.15, 0.2) is 18.2 Å². The number of H-pyrrole nitrogens is 1. The van der Waals surface area contributed by atoms with Gasteiger partial charge in [0.05, 0.1) is 22.1 Å². The van der Waals surface area contributed by atoms with E-state index in [0.717, 1.165) is 25.0 Å². The van der Waals surface area contributed by atoms with E-state index in [1.54, 1.807) is 6.07 Å². The van der Waals surface area contributed by atoms with Crippen molar-refractivity contribution >= 4 is 22.7 Å². The lowest BCUT2D eigenvalue weighted by Crippen LogP contribution is -2.41. The average Bonchev–Trinajstić information content (AvgIpc) is 2.77. The Kier molecular flexibility index (Phi) is 3.27. The molecule has 20 heavy (non-hydrogen) atoms. The molecule has 1 aromatic carbocycles. The molecule has 1 aromatic heterocycles. The van der Waals surface area contributed by atoms with Crippen LogP contribution < -0.4 is 5.32 Å². The summed E-state index contributed by atoms with van der Waals surface area (Å²) in [4.78, 5) is 17.8. The standard InChI is InChI=1S/C13H16N4O3/c1-2-20-10-5-8(6-10)14-13-15-11-4-3-9(17(18)19)7-12(11)16-13/h3-4,7-8,10H,2,5-6H2,1H3,(H2,14,15,16). The van der Waals surface area contributed by atoms with E-state index in [1.807, 2.05) is 6.92 Å². The SMILES string of the molecule is CCOC1CC(Nc2nc3ccc([N+](=O)[O-])cc3[nH]2)C1. The van der Waals surface area contributed by atoms with E-state index in [0.29, 0.717) is 23.6 Å². The fourth-order valence-corrected chi connectivity index (χ4v) is 2.43. The van der Waals surface area contributed by atoms with Crippen molar-refractivity contribution in [2.24, 2.45) is 0 Å². The minimum Gasteiger partial charge on any atom is -0.378 e. The Balaban J connectivity index is 1.69. The van der Waals surface area contributed by atoms with Gasteiger partial charge < -0.3 is 15.0 Å². The Morgan fingerprint density at radius 1 is 1.55 bits per heavy atom. The molecule has 106 valence electrons. The summed E-state index contributed by atoms with van der Waals surface area (Å²) in [5.74, 6) is 0.653. The summed E-state index contributed by atoms with van der Waals surface area (Å²) in [5, 5.41) is 14.0. The summed E-state index contributed by atoms with van der Waals surface area (Å²) < 4.78 is 5.50. The summed E-state index contributed by atoms with van der Waals surface area (Å²) >= 11 is 0. The van der Waals surface area contributed by atoms with Crippen LogP contribution in [0.1, 0.15) is 19.8 Å². The fraction of sp³-hybridized carbons (Fsp3) is 0.462. The maximum Gasteiger partial charge on any atom is 0.271 e. The Labute approximate surface area is 115 Å². The molecule has 2 aromatic rings. The minimum absolute atomic E-state index is 0.0627. The normalized spacial score (nSPS) is 21.6. The second-order valence-electron chi connectivity index (χ2n) is 4.93. The summed E-state index contributed by atoms with van der Waals surface area (Å²) in [7, 11) is 0. The number of imidazole rings is 1. The summed E-state index contributed by atoms with van der Waals surface area (Å²) in [6.07, 6.45) is 2.26. The molecule has 1 aliphatic rings. The highest BCUT2D eigenvalue weighted by Crippen LogP contribution is 2.27. The van der Waals surface area contributed by atoms with Gasteiger partial charge in [0.1, 0.15) is 0 Å². The van der Waals surface area contributed by atoms with Crippen molar-refractivity contribution in [2.45, 2.75) is 31.9 Å². The predicted molar refractivity (Wildman–Crippen MR) is 74.8 cm³/mol. The molecule has 1 saturated carbocycles. The minimum atomic E-state index is -0.411. The number of aromatic nitrogens is 2. The Hall–Kier alpha value is -2.15. The van der Waals surface area contributed by atoms with Crippen LogP contribution in [0.5, 0.6) is 0 Å². The summed E-state index contributed by atoms with van der Waals surface area (Å²) in [5.41, 5.74) is 1.45. The number of nitro groups is 1. The van der Waals surface area contributed by atoms with Gasteiger partial charge in [0.25, 0.3) is 5.69 Å². The second kappa shape index (κ2) is 5.09. The number of benzene rings is 1. The molecule has 0 amide bonds. The van der Waals surface area contributed by atoms with Crippen LogP contribution in [0.25, 0.3) is 11.0 Å². The van der Waals surface area contributed by atoms with Crippen LogP contribution in [0.2, 0.25) is 0 Å². The molecule has 0 bridgehead atoms. The van der Waals surface area contributed by atoms with Crippen LogP contribution in [0, 0.1) is 10.1 Å². The van der Waals surface area contributed by atoms with Crippen molar-refractivity contribution < 1.29 is 9.66 Å². The first-order chi connectivity index (χ1) is 9.65. The van der Waals surface area contributed by atoms with Gasteiger partial charge in [0, 0.05) is 24.8 Å². The van der Waals surface area contributed by atoms with Crippen LogP contribution in [0.3, 0.4) is 0 Å². The molecule has 1 fully saturated rings. The number of fused-ring (bicyclic) bond motifs is 1. The topological polar surface area (TPSA) is 93.1 Å². The Morgan fingerprint density at radius 2 is 2.35 bits per heavy atom. The number of hydrogen-bond donors (Lipinski definition) is 2. The third kappa shape index (κ3) is 2.44. The molecule has 2 N–H and O–H groups in total. The largest absolute Gasteiger partial charge is 0.378 e. The number of anilines is 1. The molecule has 0 spiro atoms. The third-order valence-electron chi connectivity index (χ3n) is 3.51. The predicted octanol–water partition coefficient (Wildman–Crippen LogP) is 2.45.